The lowest BCUT2D eigenvalue weighted by Crippen LogP contribution is -2.28. The largest absolute Gasteiger partial charge is 0.465 e. The number of aliphatic imine (C=N–C) groups is 1. The van der Waals surface area contributed by atoms with E-state index < -0.39 is 0 Å². The van der Waals surface area contributed by atoms with Crippen LogP contribution < -0.4 is 5.32 Å². The summed E-state index contributed by atoms with van der Waals surface area (Å²) < 4.78 is 9.93. The van der Waals surface area contributed by atoms with Gasteiger partial charge in [0.15, 0.2) is 0 Å². The minimum Gasteiger partial charge on any atom is -0.465 e. The Morgan fingerprint density at radius 3 is 2.86 bits per heavy atom. The van der Waals surface area contributed by atoms with Crippen LogP contribution in [0.15, 0.2) is 16.8 Å². The van der Waals surface area contributed by atoms with Crippen molar-refractivity contribution < 1.29 is 14.3 Å². The van der Waals surface area contributed by atoms with Gasteiger partial charge in [0.1, 0.15) is 0 Å². The molecule has 5 heteroatoms. The molecule has 0 amide bonds. The van der Waals surface area contributed by atoms with Gasteiger partial charge in [-0.2, -0.15) is 0 Å². The molecule has 0 aliphatic carbocycles. The average Bonchev–Trinajstić information content (AvgIpc) is 2.20. The van der Waals surface area contributed by atoms with Crippen LogP contribution in [0.25, 0.3) is 0 Å². The molecule has 0 radical (unpaired) electrons. The molecule has 0 saturated heterocycles. The first kappa shape index (κ1) is 10.6. The molecule has 0 bridgehead atoms. The Bertz CT molecular complexity index is 271. The van der Waals surface area contributed by atoms with Gasteiger partial charge in [-0.1, -0.05) is 0 Å². The molecule has 14 heavy (non-hydrogen) atoms. The molecule has 0 aromatic rings. The molecule has 0 aromatic heterocycles. The first-order chi connectivity index (χ1) is 6.77. The van der Waals surface area contributed by atoms with Gasteiger partial charge in [-0.25, -0.2) is 9.79 Å². The van der Waals surface area contributed by atoms with Gasteiger partial charge in [-0.15, -0.1) is 0 Å². The fourth-order valence-electron chi connectivity index (χ4n) is 0.968. The first-order valence-electron chi connectivity index (χ1n) is 4.57. The molecule has 5 nitrogen and oxygen atoms in total. The second-order valence-electron chi connectivity index (χ2n) is 2.59. The zero-order chi connectivity index (χ0) is 10.4. The number of amidine groups is 1. The Labute approximate surface area is 82.8 Å². The molecule has 1 aliphatic rings. The van der Waals surface area contributed by atoms with Crippen molar-refractivity contribution >= 4 is 12.0 Å². The number of carbonyl (C=O) groups is 1. The van der Waals surface area contributed by atoms with Crippen molar-refractivity contribution in [1.82, 2.24) is 5.32 Å². The van der Waals surface area contributed by atoms with Crippen molar-refractivity contribution in [2.45, 2.75) is 13.8 Å². The van der Waals surface area contributed by atoms with Crippen molar-refractivity contribution in [3.63, 3.8) is 0 Å². The Balaban J connectivity index is 2.44. The van der Waals surface area contributed by atoms with Gasteiger partial charge in [-0.05, 0) is 13.8 Å². The van der Waals surface area contributed by atoms with E-state index >= 15 is 0 Å². The van der Waals surface area contributed by atoms with E-state index in [0.29, 0.717) is 31.4 Å². The number of hydrogen-bond donors (Lipinski definition) is 1. The summed E-state index contributed by atoms with van der Waals surface area (Å²) in [7, 11) is 0. The highest BCUT2D eigenvalue weighted by Gasteiger charge is 2.14. The van der Waals surface area contributed by atoms with Gasteiger partial charge in [0.2, 0.25) is 0 Å². The van der Waals surface area contributed by atoms with Crippen molar-refractivity contribution in [3.05, 3.63) is 11.8 Å². The van der Waals surface area contributed by atoms with E-state index in [0.717, 1.165) is 0 Å². The van der Waals surface area contributed by atoms with Crippen LogP contribution in [0, 0.1) is 0 Å². The number of nitrogens with one attached hydrogen (secondary N) is 1. The molecule has 0 aromatic carbocycles. The Kier molecular flexibility index (Phi) is 3.97. The van der Waals surface area contributed by atoms with Crippen LogP contribution in [0.5, 0.6) is 0 Å². The third kappa shape index (κ3) is 2.76. The van der Waals surface area contributed by atoms with Crippen LogP contribution in [0.3, 0.4) is 0 Å². The third-order valence-corrected chi connectivity index (χ3v) is 1.58. The molecule has 78 valence electrons. The van der Waals surface area contributed by atoms with Crippen LogP contribution in [0.1, 0.15) is 13.8 Å². The number of nitrogens with zero attached hydrogens (tertiary/aromatic N) is 1. The lowest BCUT2D eigenvalue weighted by atomic mass is 10.3. The normalized spacial score (nSPS) is 15.0. The molecule has 1 aliphatic heterocycles. The predicted octanol–water partition coefficient (Wildman–Crippen LogP) is 0.429. The van der Waals surface area contributed by atoms with Gasteiger partial charge < -0.3 is 14.8 Å². The lowest BCUT2D eigenvalue weighted by Gasteiger charge is -2.13. The second kappa shape index (κ2) is 5.26. The fraction of sp³-hybridized carbons (Fsp3) is 0.556. The van der Waals surface area contributed by atoms with E-state index in [1.807, 2.05) is 6.92 Å². The van der Waals surface area contributed by atoms with Crippen LogP contribution in [-0.4, -0.2) is 31.7 Å². The monoisotopic (exact) mass is 198 g/mol. The Morgan fingerprint density at radius 1 is 1.57 bits per heavy atom. The molecule has 0 unspecified atom stereocenters. The number of hydrogen-bond acceptors (Lipinski definition) is 5. The van der Waals surface area contributed by atoms with E-state index in [1.165, 1.54) is 0 Å². The molecule has 0 spiro atoms. The zero-order valence-corrected chi connectivity index (χ0v) is 8.37. The van der Waals surface area contributed by atoms with Crippen molar-refractivity contribution in [3.8, 4) is 0 Å². The molecule has 0 saturated carbocycles. The maximum absolute atomic E-state index is 11.2. The van der Waals surface area contributed by atoms with Crippen LogP contribution in [0.4, 0.5) is 0 Å². The standard InChI is InChI=1S/C9H14N2O3/c1-3-13-8(12)7-5-10-9(11-6-7)14-4-2/h5H,3-4,6H2,1-2H3,(H,10,11). The minimum absolute atomic E-state index is 0.307. The maximum Gasteiger partial charge on any atom is 0.337 e. The smallest absolute Gasteiger partial charge is 0.337 e. The van der Waals surface area contributed by atoms with Crippen LogP contribution >= 0.6 is 0 Å². The number of rotatable bonds is 3. The fourth-order valence-corrected chi connectivity index (χ4v) is 0.968. The summed E-state index contributed by atoms with van der Waals surface area (Å²) in [6.45, 7) is 4.87. The van der Waals surface area contributed by atoms with Crippen molar-refractivity contribution in [1.29, 1.82) is 0 Å². The molecule has 1 N–H and O–H groups in total. The summed E-state index contributed by atoms with van der Waals surface area (Å²) in [5.74, 6) is -0.334. The van der Waals surface area contributed by atoms with E-state index in [4.69, 9.17) is 9.47 Å². The van der Waals surface area contributed by atoms with Gasteiger partial charge in [0.05, 0.1) is 25.3 Å². The van der Waals surface area contributed by atoms with E-state index in [9.17, 15) is 4.79 Å². The Hall–Kier alpha value is -1.52. The average molecular weight is 198 g/mol. The lowest BCUT2D eigenvalue weighted by molar-refractivity contribution is -0.138. The van der Waals surface area contributed by atoms with Crippen LogP contribution in [0.2, 0.25) is 0 Å². The van der Waals surface area contributed by atoms with E-state index in [-0.39, 0.29) is 5.97 Å². The van der Waals surface area contributed by atoms with Gasteiger partial charge in [-0.3, -0.25) is 0 Å². The van der Waals surface area contributed by atoms with E-state index in [1.54, 1.807) is 13.1 Å². The SMILES string of the molecule is CCOC(=O)C1=CNC(OCC)=NC1. The second-order valence-corrected chi connectivity index (χ2v) is 2.59. The molecular formula is C9H14N2O3. The molecule has 0 fully saturated rings. The highest BCUT2D eigenvalue weighted by Crippen LogP contribution is 2.02. The van der Waals surface area contributed by atoms with Crippen molar-refractivity contribution in [2.75, 3.05) is 19.8 Å². The number of ether oxygens (including phenoxy) is 2. The highest BCUT2D eigenvalue weighted by atomic mass is 16.5. The quantitative estimate of drug-likeness (QED) is 0.668. The number of carbonyl (C=O) groups excluding carboxylic acids is 1. The summed E-state index contributed by atoms with van der Waals surface area (Å²) >= 11 is 0. The predicted molar refractivity (Wildman–Crippen MR) is 51.8 cm³/mol. The Morgan fingerprint density at radius 2 is 2.36 bits per heavy atom. The van der Waals surface area contributed by atoms with Gasteiger partial charge in [0, 0.05) is 6.20 Å². The minimum atomic E-state index is -0.334. The summed E-state index contributed by atoms with van der Waals surface area (Å²) in [6, 6.07) is 0.445. The molecule has 1 heterocycles. The zero-order valence-electron chi connectivity index (χ0n) is 8.37. The molecular weight excluding hydrogens is 184 g/mol. The van der Waals surface area contributed by atoms with Crippen LogP contribution in [-0.2, 0) is 14.3 Å². The summed E-state index contributed by atoms with van der Waals surface area (Å²) in [4.78, 5) is 15.2. The molecule has 0 atom stereocenters. The van der Waals surface area contributed by atoms with Gasteiger partial charge >= 0.3 is 5.97 Å². The molecule has 1 rings (SSSR count). The number of esters is 1. The highest BCUT2D eigenvalue weighted by molar-refractivity contribution is 5.91. The maximum atomic E-state index is 11.2. The third-order valence-electron chi connectivity index (χ3n) is 1.58. The van der Waals surface area contributed by atoms with Gasteiger partial charge in [0.25, 0.3) is 6.02 Å². The first-order valence-corrected chi connectivity index (χ1v) is 4.57. The van der Waals surface area contributed by atoms with Crippen molar-refractivity contribution in [2.24, 2.45) is 4.99 Å². The van der Waals surface area contributed by atoms with E-state index in [2.05, 4.69) is 10.3 Å². The summed E-state index contributed by atoms with van der Waals surface area (Å²) in [5, 5.41) is 2.77. The topological polar surface area (TPSA) is 59.9 Å². The summed E-state index contributed by atoms with van der Waals surface area (Å²) in [6.07, 6.45) is 1.57. The summed E-state index contributed by atoms with van der Waals surface area (Å²) in [5.41, 5.74) is 0.510.